The van der Waals surface area contributed by atoms with E-state index in [4.69, 9.17) is 22.9 Å². The molecule has 0 rings (SSSR count). The minimum atomic E-state index is -0.130. The Kier molecular flexibility index (Phi) is 14.7. The third kappa shape index (κ3) is 16.3. The molecule has 4 heteroatoms. The zero-order chi connectivity index (χ0) is 13.0. The fraction of sp³-hybridized carbons (Fsp3) is 1.00. The minimum absolute atomic E-state index is 0.0958. The summed E-state index contributed by atoms with van der Waals surface area (Å²) in [6.07, 6.45) is 6.72. The molecule has 0 bridgehead atoms. The second kappa shape index (κ2) is 12.9. The first kappa shape index (κ1) is 18.2. The summed E-state index contributed by atoms with van der Waals surface area (Å²) in [6.45, 7) is 6.38. The minimum Gasteiger partial charge on any atom is -0.316 e. The van der Waals surface area contributed by atoms with Gasteiger partial charge in [-0.3, -0.25) is 0 Å². The molecular weight excluding hydrogens is 200 g/mol. The maximum Gasteiger partial charge on any atom is 0.0547 e. The molecule has 0 aliphatic heterocycles. The average Bonchev–Trinajstić information content (AvgIpc) is 2.19. The Labute approximate surface area is 101 Å². The summed E-state index contributed by atoms with van der Waals surface area (Å²) in [6, 6.07) is 0. The average molecular weight is 232 g/mol. The smallest absolute Gasteiger partial charge is 0.0547 e. The fourth-order valence-corrected chi connectivity index (χ4v) is 1.28. The topological polar surface area (TPSA) is 104 Å². The van der Waals surface area contributed by atoms with Crippen LogP contribution in [-0.2, 0) is 0 Å². The Bertz CT molecular complexity index is 126. The molecule has 0 aromatic rings. The van der Waals surface area contributed by atoms with E-state index in [1.54, 1.807) is 0 Å². The molecule has 0 radical (unpaired) electrons. The monoisotopic (exact) mass is 232 g/mol. The van der Waals surface area contributed by atoms with Crippen LogP contribution >= 0.6 is 0 Å². The summed E-state index contributed by atoms with van der Waals surface area (Å²) in [7, 11) is 0. The molecule has 8 N–H and O–H groups in total. The molecule has 0 aliphatic carbocycles. The van der Waals surface area contributed by atoms with Crippen molar-refractivity contribution in [2.75, 3.05) is 0 Å². The maximum atomic E-state index is 5.40. The Morgan fingerprint density at radius 2 is 1.38 bits per heavy atom. The van der Waals surface area contributed by atoms with Crippen molar-refractivity contribution in [2.24, 2.45) is 28.9 Å². The highest BCUT2D eigenvalue weighted by molar-refractivity contribution is 4.60. The van der Waals surface area contributed by atoms with Crippen molar-refractivity contribution in [3.8, 4) is 0 Å². The maximum absolute atomic E-state index is 5.40. The van der Waals surface area contributed by atoms with Gasteiger partial charge in [0.05, 0.1) is 12.3 Å². The third-order valence-corrected chi connectivity index (χ3v) is 2.54. The second-order valence-corrected chi connectivity index (χ2v) is 4.50. The van der Waals surface area contributed by atoms with E-state index >= 15 is 0 Å². The quantitative estimate of drug-likeness (QED) is 0.394. The first-order valence-corrected chi connectivity index (χ1v) is 6.47. The van der Waals surface area contributed by atoms with Gasteiger partial charge >= 0.3 is 0 Å². The second-order valence-electron chi connectivity index (χ2n) is 4.50. The number of nitrogens with two attached hydrogens (primary N) is 4. The molecule has 0 fully saturated rings. The summed E-state index contributed by atoms with van der Waals surface area (Å²) in [4.78, 5) is 0. The standard InChI is InChI=1S/2C6H16N2/c1-3-4-5(2)6(7)8;1-2-3-4-5-6(7)8/h5-6H,3-4,7-8H2,1-2H3;6H,2-5,7-8H2,1H3. The van der Waals surface area contributed by atoms with E-state index < -0.39 is 0 Å². The van der Waals surface area contributed by atoms with Gasteiger partial charge in [0, 0.05) is 0 Å². The lowest BCUT2D eigenvalue weighted by Crippen LogP contribution is -2.37. The third-order valence-electron chi connectivity index (χ3n) is 2.54. The van der Waals surface area contributed by atoms with Gasteiger partial charge in [0.2, 0.25) is 0 Å². The Hall–Kier alpha value is -0.160. The Morgan fingerprint density at radius 1 is 0.812 bits per heavy atom. The molecule has 0 saturated carbocycles. The highest BCUT2D eigenvalue weighted by atomic mass is 14.9. The summed E-state index contributed by atoms with van der Waals surface area (Å²) in [5.74, 6) is 0.472. The summed E-state index contributed by atoms with van der Waals surface area (Å²) >= 11 is 0. The Morgan fingerprint density at radius 3 is 1.62 bits per heavy atom. The van der Waals surface area contributed by atoms with Crippen LogP contribution in [0.1, 0.15) is 59.3 Å². The molecule has 0 saturated heterocycles. The molecule has 0 spiro atoms. The van der Waals surface area contributed by atoms with E-state index in [2.05, 4.69) is 20.8 Å². The predicted molar refractivity (Wildman–Crippen MR) is 72.5 cm³/mol. The van der Waals surface area contributed by atoms with Crippen LogP contribution in [0.4, 0.5) is 0 Å². The molecule has 0 aromatic carbocycles. The normalized spacial score (nSPS) is 12.6. The lowest BCUT2D eigenvalue weighted by molar-refractivity contribution is 0.432. The number of hydrogen-bond donors (Lipinski definition) is 4. The lowest BCUT2D eigenvalue weighted by atomic mass is 10.0. The van der Waals surface area contributed by atoms with Gasteiger partial charge in [0.1, 0.15) is 0 Å². The lowest BCUT2D eigenvalue weighted by Gasteiger charge is -2.12. The van der Waals surface area contributed by atoms with Crippen LogP contribution in [-0.4, -0.2) is 12.3 Å². The van der Waals surface area contributed by atoms with Crippen molar-refractivity contribution in [2.45, 2.75) is 71.6 Å². The molecule has 1 unspecified atom stereocenters. The van der Waals surface area contributed by atoms with Crippen molar-refractivity contribution in [1.82, 2.24) is 0 Å². The summed E-state index contributed by atoms with van der Waals surface area (Å²) in [5.41, 5.74) is 21.4. The van der Waals surface area contributed by atoms with Crippen LogP contribution in [0.2, 0.25) is 0 Å². The van der Waals surface area contributed by atoms with Crippen LogP contribution < -0.4 is 22.9 Å². The summed E-state index contributed by atoms with van der Waals surface area (Å²) in [5, 5.41) is 0. The molecule has 16 heavy (non-hydrogen) atoms. The van der Waals surface area contributed by atoms with E-state index in [-0.39, 0.29) is 12.3 Å². The molecule has 1 atom stereocenters. The van der Waals surface area contributed by atoms with Gasteiger partial charge in [-0.2, -0.15) is 0 Å². The Balaban J connectivity index is 0. The molecular formula is C12H32N4. The van der Waals surface area contributed by atoms with E-state index in [0.717, 1.165) is 12.8 Å². The van der Waals surface area contributed by atoms with Gasteiger partial charge in [-0.15, -0.1) is 0 Å². The molecule has 0 aromatic heterocycles. The number of rotatable bonds is 7. The highest BCUT2D eigenvalue weighted by Gasteiger charge is 2.04. The molecule has 100 valence electrons. The van der Waals surface area contributed by atoms with Crippen molar-refractivity contribution in [3.63, 3.8) is 0 Å². The van der Waals surface area contributed by atoms with Gasteiger partial charge in [-0.05, 0) is 18.8 Å². The first-order valence-electron chi connectivity index (χ1n) is 6.47. The number of hydrogen-bond acceptors (Lipinski definition) is 4. The van der Waals surface area contributed by atoms with Gasteiger partial charge in [-0.25, -0.2) is 0 Å². The van der Waals surface area contributed by atoms with E-state index in [1.807, 2.05) is 0 Å². The van der Waals surface area contributed by atoms with Crippen LogP contribution in [0, 0.1) is 5.92 Å². The summed E-state index contributed by atoms with van der Waals surface area (Å²) < 4.78 is 0. The molecule has 0 heterocycles. The van der Waals surface area contributed by atoms with Gasteiger partial charge in [0.15, 0.2) is 0 Å². The van der Waals surface area contributed by atoms with Crippen molar-refractivity contribution in [3.05, 3.63) is 0 Å². The van der Waals surface area contributed by atoms with Gasteiger partial charge < -0.3 is 22.9 Å². The van der Waals surface area contributed by atoms with E-state index in [9.17, 15) is 0 Å². The SMILES string of the molecule is CCCC(C)C(N)N.CCCCCC(N)N. The van der Waals surface area contributed by atoms with Crippen LogP contribution in [0.15, 0.2) is 0 Å². The highest BCUT2D eigenvalue weighted by Crippen LogP contribution is 2.04. The van der Waals surface area contributed by atoms with Crippen molar-refractivity contribution >= 4 is 0 Å². The van der Waals surface area contributed by atoms with E-state index in [0.29, 0.717) is 5.92 Å². The molecule has 0 amide bonds. The van der Waals surface area contributed by atoms with Crippen LogP contribution in [0.3, 0.4) is 0 Å². The van der Waals surface area contributed by atoms with Crippen molar-refractivity contribution in [1.29, 1.82) is 0 Å². The fourth-order valence-electron chi connectivity index (χ4n) is 1.28. The van der Waals surface area contributed by atoms with Crippen LogP contribution in [0.5, 0.6) is 0 Å². The number of unbranched alkanes of at least 4 members (excludes halogenated alkanes) is 2. The van der Waals surface area contributed by atoms with Gasteiger partial charge in [0.25, 0.3) is 0 Å². The molecule has 0 aliphatic rings. The van der Waals surface area contributed by atoms with Crippen molar-refractivity contribution < 1.29 is 0 Å². The predicted octanol–water partition coefficient (Wildman–Crippen LogP) is 1.48. The van der Waals surface area contributed by atoms with Gasteiger partial charge in [-0.1, -0.05) is 46.5 Å². The zero-order valence-corrected chi connectivity index (χ0v) is 11.3. The van der Waals surface area contributed by atoms with E-state index in [1.165, 1.54) is 25.7 Å². The zero-order valence-electron chi connectivity index (χ0n) is 11.3. The van der Waals surface area contributed by atoms with Crippen LogP contribution in [0.25, 0.3) is 0 Å². The molecule has 4 nitrogen and oxygen atoms in total. The largest absolute Gasteiger partial charge is 0.316 e. The first-order chi connectivity index (χ1) is 7.45.